The van der Waals surface area contributed by atoms with Crippen LogP contribution in [0.2, 0.25) is 0 Å². The molecule has 114 valence electrons. The monoisotopic (exact) mass is 297 g/mol. The molecule has 1 amide bonds. The van der Waals surface area contributed by atoms with Gasteiger partial charge in [0.25, 0.3) is 0 Å². The predicted octanol–water partition coefficient (Wildman–Crippen LogP) is 2.19. The van der Waals surface area contributed by atoms with E-state index in [4.69, 9.17) is 4.74 Å². The maximum absolute atomic E-state index is 12.2. The van der Waals surface area contributed by atoms with Gasteiger partial charge in [-0.3, -0.25) is 14.8 Å². The summed E-state index contributed by atoms with van der Waals surface area (Å²) in [6.45, 7) is 1.83. The van der Waals surface area contributed by atoms with E-state index in [-0.39, 0.29) is 11.8 Å². The molecule has 3 rings (SSSR count). The zero-order chi connectivity index (χ0) is 15.2. The van der Waals surface area contributed by atoms with Crippen molar-refractivity contribution in [2.24, 2.45) is 5.92 Å². The van der Waals surface area contributed by atoms with Gasteiger partial charge in [-0.15, -0.1) is 0 Å². The molecule has 0 aliphatic carbocycles. The number of nitrogens with zero attached hydrogens (tertiary/aromatic N) is 2. The summed E-state index contributed by atoms with van der Waals surface area (Å²) in [4.78, 5) is 20.8. The number of hydrogen-bond acceptors (Lipinski definition) is 4. The van der Waals surface area contributed by atoms with Crippen molar-refractivity contribution in [3.05, 3.63) is 48.4 Å². The van der Waals surface area contributed by atoms with E-state index in [1.54, 1.807) is 18.6 Å². The van der Waals surface area contributed by atoms with Crippen molar-refractivity contribution >= 4 is 5.91 Å². The first-order valence-corrected chi connectivity index (χ1v) is 7.54. The van der Waals surface area contributed by atoms with Gasteiger partial charge in [0.15, 0.2) is 0 Å². The zero-order valence-corrected chi connectivity index (χ0v) is 12.4. The summed E-state index contributed by atoms with van der Waals surface area (Å²) in [5.41, 5.74) is 2.82. The van der Waals surface area contributed by atoms with Crippen LogP contribution in [0.5, 0.6) is 0 Å². The maximum Gasteiger partial charge on any atom is 0.223 e. The fraction of sp³-hybridized carbons (Fsp3) is 0.353. The predicted molar refractivity (Wildman–Crippen MR) is 82.9 cm³/mol. The molecule has 0 aromatic carbocycles. The Hall–Kier alpha value is -2.27. The van der Waals surface area contributed by atoms with E-state index >= 15 is 0 Å². The summed E-state index contributed by atoms with van der Waals surface area (Å²) in [5, 5.41) is 3.02. The van der Waals surface area contributed by atoms with Crippen LogP contribution in [0.4, 0.5) is 0 Å². The molecule has 0 bridgehead atoms. The summed E-state index contributed by atoms with van der Waals surface area (Å²) < 4.78 is 5.29. The van der Waals surface area contributed by atoms with Gasteiger partial charge in [0, 0.05) is 49.8 Å². The lowest BCUT2D eigenvalue weighted by Gasteiger charge is -2.21. The summed E-state index contributed by atoms with van der Waals surface area (Å²) in [5.74, 6) is 0.163. The maximum atomic E-state index is 12.2. The minimum Gasteiger partial charge on any atom is -0.381 e. The highest BCUT2D eigenvalue weighted by Crippen LogP contribution is 2.20. The molecule has 0 radical (unpaired) electrons. The highest BCUT2D eigenvalue weighted by atomic mass is 16.5. The summed E-state index contributed by atoms with van der Waals surface area (Å²) in [6, 6.07) is 7.73. The molecule has 5 heteroatoms. The molecule has 1 N–H and O–H groups in total. The Morgan fingerprint density at radius 1 is 1.23 bits per heavy atom. The number of nitrogens with one attached hydrogen (secondary N) is 1. The molecule has 5 nitrogen and oxygen atoms in total. The third-order valence-electron chi connectivity index (χ3n) is 3.87. The van der Waals surface area contributed by atoms with E-state index in [9.17, 15) is 4.79 Å². The SMILES string of the molecule is O=C(NCc1cccnc1-c1cccnc1)C1CCOCC1. The lowest BCUT2D eigenvalue weighted by molar-refractivity contribution is -0.128. The van der Waals surface area contributed by atoms with Gasteiger partial charge in [0.1, 0.15) is 0 Å². The van der Waals surface area contributed by atoms with E-state index in [2.05, 4.69) is 15.3 Å². The number of amides is 1. The minimum atomic E-state index is 0.0623. The van der Waals surface area contributed by atoms with Gasteiger partial charge in [0.2, 0.25) is 5.91 Å². The van der Waals surface area contributed by atoms with Crippen LogP contribution in [-0.4, -0.2) is 29.1 Å². The number of carbonyl (C=O) groups is 1. The molecule has 1 aliphatic heterocycles. The second-order valence-corrected chi connectivity index (χ2v) is 5.36. The molecule has 0 unspecified atom stereocenters. The molecular weight excluding hydrogens is 278 g/mol. The largest absolute Gasteiger partial charge is 0.381 e. The number of pyridine rings is 2. The summed E-state index contributed by atoms with van der Waals surface area (Å²) in [7, 11) is 0. The van der Waals surface area contributed by atoms with Crippen molar-refractivity contribution < 1.29 is 9.53 Å². The first-order valence-electron chi connectivity index (χ1n) is 7.54. The second-order valence-electron chi connectivity index (χ2n) is 5.36. The molecule has 1 saturated heterocycles. The van der Waals surface area contributed by atoms with Crippen molar-refractivity contribution in [3.63, 3.8) is 0 Å². The third kappa shape index (κ3) is 3.49. The van der Waals surface area contributed by atoms with E-state index < -0.39 is 0 Å². The van der Waals surface area contributed by atoms with Crippen molar-refractivity contribution in [1.29, 1.82) is 0 Å². The average Bonchev–Trinajstić information content (AvgIpc) is 2.61. The molecule has 0 saturated carbocycles. The van der Waals surface area contributed by atoms with E-state index in [0.29, 0.717) is 19.8 Å². The molecule has 2 aromatic heterocycles. The van der Waals surface area contributed by atoms with Crippen LogP contribution in [-0.2, 0) is 16.1 Å². The number of carbonyl (C=O) groups excluding carboxylic acids is 1. The number of aromatic nitrogens is 2. The Labute approximate surface area is 129 Å². The van der Waals surface area contributed by atoms with Gasteiger partial charge in [0.05, 0.1) is 5.69 Å². The zero-order valence-electron chi connectivity index (χ0n) is 12.4. The second kappa shape index (κ2) is 7.13. The first-order chi connectivity index (χ1) is 10.8. The Bertz CT molecular complexity index is 625. The number of hydrogen-bond donors (Lipinski definition) is 1. The van der Waals surface area contributed by atoms with Crippen LogP contribution < -0.4 is 5.32 Å². The first kappa shape index (κ1) is 14.7. The van der Waals surface area contributed by atoms with Crippen molar-refractivity contribution in [3.8, 4) is 11.3 Å². The van der Waals surface area contributed by atoms with Crippen LogP contribution in [0.3, 0.4) is 0 Å². The van der Waals surface area contributed by atoms with Gasteiger partial charge >= 0.3 is 0 Å². The highest BCUT2D eigenvalue weighted by Gasteiger charge is 2.21. The topological polar surface area (TPSA) is 64.1 Å². The molecule has 2 aromatic rings. The van der Waals surface area contributed by atoms with Gasteiger partial charge in [-0.2, -0.15) is 0 Å². The smallest absolute Gasteiger partial charge is 0.223 e. The Morgan fingerprint density at radius 2 is 2.05 bits per heavy atom. The summed E-state index contributed by atoms with van der Waals surface area (Å²) >= 11 is 0. The number of rotatable bonds is 4. The van der Waals surface area contributed by atoms with Gasteiger partial charge < -0.3 is 10.1 Å². The highest BCUT2D eigenvalue weighted by molar-refractivity contribution is 5.79. The fourth-order valence-electron chi connectivity index (χ4n) is 2.63. The van der Waals surface area contributed by atoms with Crippen molar-refractivity contribution in [2.75, 3.05) is 13.2 Å². The van der Waals surface area contributed by atoms with Crippen LogP contribution in [0, 0.1) is 5.92 Å². The molecule has 1 fully saturated rings. The van der Waals surface area contributed by atoms with Crippen LogP contribution in [0.1, 0.15) is 18.4 Å². The molecule has 1 aliphatic rings. The number of ether oxygens (including phenoxy) is 1. The van der Waals surface area contributed by atoms with Crippen LogP contribution in [0.15, 0.2) is 42.9 Å². The minimum absolute atomic E-state index is 0.0623. The van der Waals surface area contributed by atoms with Crippen LogP contribution >= 0.6 is 0 Å². The molecule has 0 spiro atoms. The third-order valence-corrected chi connectivity index (χ3v) is 3.87. The van der Waals surface area contributed by atoms with Gasteiger partial charge in [-0.1, -0.05) is 6.07 Å². The quantitative estimate of drug-likeness (QED) is 0.939. The Balaban J connectivity index is 1.69. The molecule has 0 atom stereocenters. The standard InChI is InChI=1S/C17H19N3O2/c21-17(13-5-9-22-10-6-13)20-12-15-4-2-8-19-16(15)14-3-1-7-18-11-14/h1-4,7-8,11,13H,5-6,9-10,12H2,(H,20,21). The van der Waals surface area contributed by atoms with Gasteiger partial charge in [-0.25, -0.2) is 0 Å². The molecular formula is C17H19N3O2. The normalized spacial score (nSPS) is 15.5. The lowest BCUT2D eigenvalue weighted by Crippen LogP contribution is -2.34. The van der Waals surface area contributed by atoms with Crippen molar-refractivity contribution in [2.45, 2.75) is 19.4 Å². The summed E-state index contributed by atoms with van der Waals surface area (Å²) in [6.07, 6.45) is 6.87. The molecule has 22 heavy (non-hydrogen) atoms. The van der Waals surface area contributed by atoms with Crippen LogP contribution in [0.25, 0.3) is 11.3 Å². The van der Waals surface area contributed by atoms with Gasteiger partial charge in [-0.05, 0) is 36.6 Å². The van der Waals surface area contributed by atoms with E-state index in [1.807, 2.05) is 24.3 Å². The van der Waals surface area contributed by atoms with E-state index in [0.717, 1.165) is 29.7 Å². The Kier molecular flexibility index (Phi) is 4.75. The molecule has 3 heterocycles. The average molecular weight is 297 g/mol. The Morgan fingerprint density at radius 3 is 2.82 bits per heavy atom. The lowest BCUT2D eigenvalue weighted by atomic mass is 9.99. The van der Waals surface area contributed by atoms with Crippen molar-refractivity contribution in [1.82, 2.24) is 15.3 Å². The fourth-order valence-corrected chi connectivity index (χ4v) is 2.63. The van der Waals surface area contributed by atoms with E-state index in [1.165, 1.54) is 0 Å².